The molecule has 1 atom stereocenters. The second-order valence-electron chi connectivity index (χ2n) is 5.21. The number of rotatable bonds is 6. The van der Waals surface area contributed by atoms with Crippen molar-refractivity contribution < 1.29 is 12.8 Å². The van der Waals surface area contributed by atoms with Gasteiger partial charge in [0.1, 0.15) is 10.8 Å². The van der Waals surface area contributed by atoms with Crippen molar-refractivity contribution in [1.29, 1.82) is 0 Å². The van der Waals surface area contributed by atoms with Crippen molar-refractivity contribution in [3.63, 3.8) is 0 Å². The first kappa shape index (κ1) is 15.3. The number of nitrogens with one attached hydrogen (secondary N) is 1. The van der Waals surface area contributed by atoms with Gasteiger partial charge < -0.3 is 5.73 Å². The third kappa shape index (κ3) is 3.74. The van der Waals surface area contributed by atoms with Crippen LogP contribution < -0.4 is 10.5 Å². The minimum Gasteiger partial charge on any atom is -0.389 e. The maximum absolute atomic E-state index is 13.5. The topological polar surface area (TPSA) is 72.2 Å². The summed E-state index contributed by atoms with van der Waals surface area (Å²) in [6, 6.07) is 3.30. The van der Waals surface area contributed by atoms with Crippen LogP contribution in [0.1, 0.15) is 31.7 Å². The molecule has 0 heterocycles. The Hall–Kier alpha value is -1.05. The van der Waals surface area contributed by atoms with Crippen LogP contribution in [0.15, 0.2) is 23.1 Å². The Labute approximate surface area is 123 Å². The van der Waals surface area contributed by atoms with Gasteiger partial charge in [-0.25, -0.2) is 17.5 Å². The van der Waals surface area contributed by atoms with Gasteiger partial charge in [-0.3, -0.25) is 0 Å². The van der Waals surface area contributed by atoms with E-state index in [0.29, 0.717) is 5.92 Å². The van der Waals surface area contributed by atoms with E-state index in [0.717, 1.165) is 25.3 Å². The lowest BCUT2D eigenvalue weighted by molar-refractivity contribution is 0.529. The highest BCUT2D eigenvalue weighted by Crippen LogP contribution is 2.33. The molecule has 0 spiro atoms. The number of halogens is 1. The predicted octanol–water partition coefficient (Wildman–Crippen LogP) is 1.93. The van der Waals surface area contributed by atoms with Gasteiger partial charge in [0.15, 0.2) is 0 Å². The molecule has 1 unspecified atom stereocenters. The molecule has 0 aliphatic heterocycles. The molecule has 0 radical (unpaired) electrons. The molecule has 3 N–H and O–H groups in total. The average molecular weight is 316 g/mol. The third-order valence-electron chi connectivity index (χ3n) is 3.25. The van der Waals surface area contributed by atoms with Gasteiger partial charge in [-0.05, 0) is 37.5 Å². The van der Waals surface area contributed by atoms with E-state index in [1.165, 1.54) is 12.1 Å². The minimum atomic E-state index is -3.68. The predicted molar refractivity (Wildman–Crippen MR) is 79.4 cm³/mol. The summed E-state index contributed by atoms with van der Waals surface area (Å²) in [4.78, 5) is -0.185. The number of benzene rings is 1. The van der Waals surface area contributed by atoms with Crippen molar-refractivity contribution in [2.75, 3.05) is 0 Å². The molecule has 1 aromatic rings. The zero-order chi connectivity index (χ0) is 14.9. The molecule has 110 valence electrons. The summed E-state index contributed by atoms with van der Waals surface area (Å²) in [5.41, 5.74) is 5.32. The zero-order valence-electron chi connectivity index (χ0n) is 11.1. The maximum atomic E-state index is 13.5. The monoisotopic (exact) mass is 316 g/mol. The zero-order valence-corrected chi connectivity index (χ0v) is 12.7. The van der Waals surface area contributed by atoms with Crippen molar-refractivity contribution in [3.05, 3.63) is 29.6 Å². The van der Waals surface area contributed by atoms with Crippen LogP contribution in [0.25, 0.3) is 0 Å². The summed E-state index contributed by atoms with van der Waals surface area (Å²) in [6.45, 7) is 1.83. The van der Waals surface area contributed by atoms with E-state index >= 15 is 0 Å². The summed E-state index contributed by atoms with van der Waals surface area (Å²) >= 11 is 4.71. The average Bonchev–Trinajstić information content (AvgIpc) is 3.11. The molecule has 1 fully saturated rings. The van der Waals surface area contributed by atoms with Gasteiger partial charge in [-0.1, -0.05) is 25.1 Å². The summed E-state index contributed by atoms with van der Waals surface area (Å²) in [7, 11) is -3.68. The Kier molecular flexibility index (Phi) is 4.41. The molecule has 1 saturated carbocycles. The van der Waals surface area contributed by atoms with E-state index in [2.05, 4.69) is 4.72 Å². The smallest absolute Gasteiger partial charge is 0.240 e. The van der Waals surface area contributed by atoms with Crippen LogP contribution in [-0.4, -0.2) is 19.4 Å². The molecular formula is C13H17FN2O2S2. The van der Waals surface area contributed by atoms with E-state index in [9.17, 15) is 12.8 Å². The summed E-state index contributed by atoms with van der Waals surface area (Å²) in [5, 5.41) is 0. The van der Waals surface area contributed by atoms with Gasteiger partial charge in [0.2, 0.25) is 10.0 Å². The first-order valence-corrected chi connectivity index (χ1v) is 8.30. The lowest BCUT2D eigenvalue weighted by Crippen LogP contribution is -2.33. The van der Waals surface area contributed by atoms with Crippen LogP contribution in [0, 0.1) is 11.7 Å². The van der Waals surface area contributed by atoms with E-state index in [-0.39, 0.29) is 21.5 Å². The van der Waals surface area contributed by atoms with Crippen molar-refractivity contribution >= 4 is 27.2 Å². The van der Waals surface area contributed by atoms with Crippen LogP contribution >= 0.6 is 12.2 Å². The SMILES string of the molecule is CC(CC1CC1)NS(=O)(=O)c1ccc(F)c(C(N)=S)c1. The van der Waals surface area contributed by atoms with Crippen LogP contribution in [-0.2, 0) is 10.0 Å². The van der Waals surface area contributed by atoms with Crippen molar-refractivity contribution in [3.8, 4) is 0 Å². The Morgan fingerprint density at radius 1 is 1.55 bits per heavy atom. The second-order valence-corrected chi connectivity index (χ2v) is 7.36. The molecule has 7 heteroatoms. The standard InChI is InChI=1S/C13H17FN2O2S2/c1-8(6-9-2-3-9)16-20(17,18)10-4-5-12(14)11(7-10)13(15)19/h4-5,7-9,16H,2-3,6H2,1H3,(H2,15,19). The second kappa shape index (κ2) is 5.75. The fourth-order valence-electron chi connectivity index (χ4n) is 2.09. The van der Waals surface area contributed by atoms with Crippen molar-refractivity contribution in [2.45, 2.75) is 37.1 Å². The van der Waals surface area contributed by atoms with E-state index in [1.807, 2.05) is 6.92 Å². The molecular weight excluding hydrogens is 299 g/mol. The molecule has 0 amide bonds. The normalized spacial score (nSPS) is 16.9. The fourth-order valence-corrected chi connectivity index (χ4v) is 3.53. The van der Waals surface area contributed by atoms with Gasteiger partial charge in [-0.15, -0.1) is 0 Å². The van der Waals surface area contributed by atoms with Crippen LogP contribution in [0.5, 0.6) is 0 Å². The van der Waals surface area contributed by atoms with Gasteiger partial charge in [0.25, 0.3) is 0 Å². The van der Waals surface area contributed by atoms with E-state index in [1.54, 1.807) is 0 Å². The molecule has 0 aromatic heterocycles. The highest BCUT2D eigenvalue weighted by atomic mass is 32.2. The lowest BCUT2D eigenvalue weighted by atomic mass is 10.2. The van der Waals surface area contributed by atoms with Crippen LogP contribution in [0.2, 0.25) is 0 Å². The van der Waals surface area contributed by atoms with Gasteiger partial charge in [-0.2, -0.15) is 0 Å². The first-order chi connectivity index (χ1) is 9.29. The molecule has 20 heavy (non-hydrogen) atoms. The third-order valence-corrected chi connectivity index (χ3v) is 5.06. The Morgan fingerprint density at radius 2 is 2.20 bits per heavy atom. The van der Waals surface area contributed by atoms with Gasteiger partial charge in [0.05, 0.1) is 4.90 Å². The molecule has 1 aliphatic carbocycles. The molecule has 0 bridgehead atoms. The number of sulfonamides is 1. The Morgan fingerprint density at radius 3 is 2.75 bits per heavy atom. The largest absolute Gasteiger partial charge is 0.389 e. The molecule has 4 nitrogen and oxygen atoms in total. The number of hydrogen-bond donors (Lipinski definition) is 2. The highest BCUT2D eigenvalue weighted by Gasteiger charge is 2.26. The maximum Gasteiger partial charge on any atom is 0.240 e. The highest BCUT2D eigenvalue weighted by molar-refractivity contribution is 7.89. The van der Waals surface area contributed by atoms with E-state index in [4.69, 9.17) is 18.0 Å². The first-order valence-electron chi connectivity index (χ1n) is 6.41. The summed E-state index contributed by atoms with van der Waals surface area (Å²) in [5.74, 6) is -0.00410. The summed E-state index contributed by atoms with van der Waals surface area (Å²) in [6.07, 6.45) is 3.14. The number of thiocarbonyl (C=S) groups is 1. The van der Waals surface area contributed by atoms with Crippen LogP contribution in [0.4, 0.5) is 4.39 Å². The summed E-state index contributed by atoms with van der Waals surface area (Å²) < 4.78 is 40.5. The molecule has 0 saturated heterocycles. The Bertz CT molecular complexity index is 627. The molecule has 1 aliphatic rings. The molecule has 2 rings (SSSR count). The van der Waals surface area contributed by atoms with Gasteiger partial charge in [0, 0.05) is 11.6 Å². The molecule has 1 aromatic carbocycles. The van der Waals surface area contributed by atoms with Crippen molar-refractivity contribution in [2.24, 2.45) is 11.7 Å². The van der Waals surface area contributed by atoms with Crippen molar-refractivity contribution in [1.82, 2.24) is 4.72 Å². The fraction of sp³-hybridized carbons (Fsp3) is 0.462. The minimum absolute atomic E-state index is 0.0238. The Balaban J connectivity index is 2.19. The van der Waals surface area contributed by atoms with Gasteiger partial charge >= 0.3 is 0 Å². The number of hydrogen-bond acceptors (Lipinski definition) is 3. The lowest BCUT2D eigenvalue weighted by Gasteiger charge is -2.14. The van der Waals surface area contributed by atoms with E-state index < -0.39 is 15.8 Å². The quantitative estimate of drug-likeness (QED) is 0.787. The van der Waals surface area contributed by atoms with Crippen LogP contribution in [0.3, 0.4) is 0 Å². The number of nitrogens with two attached hydrogens (primary N) is 1.